The van der Waals surface area contributed by atoms with Gasteiger partial charge in [-0.15, -0.1) is 0 Å². The van der Waals surface area contributed by atoms with Gasteiger partial charge in [0, 0.05) is 29.5 Å². The first kappa shape index (κ1) is 16.0. The number of hydrogen-bond donors (Lipinski definition) is 1. The molecule has 5 heteroatoms. The van der Waals surface area contributed by atoms with Crippen LogP contribution in [0.5, 0.6) is 0 Å². The van der Waals surface area contributed by atoms with Gasteiger partial charge < -0.3 is 10.0 Å². The number of carbonyl (C=O) groups is 2. The minimum Gasteiger partial charge on any atom is -0.481 e. The van der Waals surface area contributed by atoms with E-state index in [1.54, 1.807) is 0 Å². The third-order valence-electron chi connectivity index (χ3n) is 4.41. The first-order valence-electron chi connectivity index (χ1n) is 7.73. The first-order valence-corrected chi connectivity index (χ1v) is 8.52. The zero-order chi connectivity index (χ0) is 16.4. The van der Waals surface area contributed by atoms with Gasteiger partial charge in [0.05, 0.1) is 0 Å². The fourth-order valence-corrected chi connectivity index (χ4v) is 3.50. The molecule has 1 heterocycles. The fourth-order valence-electron chi connectivity index (χ4n) is 3.12. The third-order valence-corrected chi connectivity index (χ3v) is 4.91. The van der Waals surface area contributed by atoms with Gasteiger partial charge in [-0.2, -0.15) is 0 Å². The van der Waals surface area contributed by atoms with Crippen molar-refractivity contribution >= 4 is 38.6 Å². The molecule has 0 unspecified atom stereocenters. The molecule has 1 aliphatic heterocycles. The van der Waals surface area contributed by atoms with Gasteiger partial charge in [0.2, 0.25) is 0 Å². The molecule has 2 aromatic carbocycles. The standard InChI is InChI=1S/C18H18BrNO3/c19-16-4-3-13-10-15(2-1-14(13)11-16)18(23)20-7-5-12(6-8-20)9-17(21)22/h1-4,10-12H,5-9H2,(H,21,22). The number of amides is 1. The van der Waals surface area contributed by atoms with Gasteiger partial charge in [-0.1, -0.05) is 28.1 Å². The Labute approximate surface area is 143 Å². The predicted molar refractivity (Wildman–Crippen MR) is 92.5 cm³/mol. The van der Waals surface area contributed by atoms with Crippen molar-refractivity contribution < 1.29 is 14.7 Å². The topological polar surface area (TPSA) is 57.6 Å². The summed E-state index contributed by atoms with van der Waals surface area (Å²) in [5.41, 5.74) is 0.691. The number of carboxylic acids is 1. The molecule has 1 fully saturated rings. The van der Waals surface area contributed by atoms with Gasteiger partial charge in [-0.25, -0.2) is 0 Å². The average Bonchev–Trinajstić information content (AvgIpc) is 2.54. The number of halogens is 1. The smallest absolute Gasteiger partial charge is 0.303 e. The quantitative estimate of drug-likeness (QED) is 0.883. The van der Waals surface area contributed by atoms with E-state index in [9.17, 15) is 9.59 Å². The lowest BCUT2D eigenvalue weighted by molar-refractivity contribution is -0.138. The number of aliphatic carboxylic acids is 1. The monoisotopic (exact) mass is 375 g/mol. The van der Waals surface area contributed by atoms with Crippen molar-refractivity contribution in [3.05, 3.63) is 46.4 Å². The van der Waals surface area contributed by atoms with Crippen LogP contribution in [0.2, 0.25) is 0 Å². The van der Waals surface area contributed by atoms with E-state index in [1.165, 1.54) is 0 Å². The first-order chi connectivity index (χ1) is 11.0. The van der Waals surface area contributed by atoms with Gasteiger partial charge in [-0.3, -0.25) is 9.59 Å². The van der Waals surface area contributed by atoms with Crippen LogP contribution in [-0.4, -0.2) is 35.0 Å². The molecule has 0 spiro atoms. The van der Waals surface area contributed by atoms with E-state index in [0.717, 1.165) is 28.1 Å². The van der Waals surface area contributed by atoms with Crippen molar-refractivity contribution in [2.75, 3.05) is 13.1 Å². The maximum atomic E-state index is 12.6. The molecule has 0 atom stereocenters. The number of likely N-dealkylation sites (tertiary alicyclic amines) is 1. The van der Waals surface area contributed by atoms with Gasteiger partial charge in [-0.05, 0) is 53.8 Å². The molecule has 1 aliphatic rings. The Balaban J connectivity index is 1.71. The third kappa shape index (κ3) is 3.72. The number of hydrogen-bond acceptors (Lipinski definition) is 2. The molecular weight excluding hydrogens is 358 g/mol. The number of benzene rings is 2. The number of rotatable bonds is 3. The fraction of sp³-hybridized carbons (Fsp3) is 0.333. The van der Waals surface area contributed by atoms with E-state index >= 15 is 0 Å². The molecule has 0 aliphatic carbocycles. The number of nitrogens with zero attached hydrogens (tertiary/aromatic N) is 1. The van der Waals surface area contributed by atoms with E-state index in [-0.39, 0.29) is 18.2 Å². The summed E-state index contributed by atoms with van der Waals surface area (Å²) in [4.78, 5) is 25.2. The lowest BCUT2D eigenvalue weighted by Gasteiger charge is -2.31. The highest BCUT2D eigenvalue weighted by Crippen LogP contribution is 2.24. The number of carbonyl (C=O) groups excluding carboxylic acids is 1. The van der Waals surface area contributed by atoms with Crippen molar-refractivity contribution in [1.29, 1.82) is 0 Å². The molecular formula is C18H18BrNO3. The Morgan fingerprint density at radius 2 is 1.74 bits per heavy atom. The van der Waals surface area contributed by atoms with Crippen LogP contribution in [0.1, 0.15) is 29.6 Å². The normalized spacial score (nSPS) is 15.8. The lowest BCUT2D eigenvalue weighted by Crippen LogP contribution is -2.38. The highest BCUT2D eigenvalue weighted by Gasteiger charge is 2.25. The Morgan fingerprint density at radius 1 is 1.09 bits per heavy atom. The Kier molecular flexibility index (Phi) is 4.66. The number of piperidine rings is 1. The maximum Gasteiger partial charge on any atom is 0.303 e. The second kappa shape index (κ2) is 6.71. The van der Waals surface area contributed by atoms with Gasteiger partial charge in [0.1, 0.15) is 0 Å². The van der Waals surface area contributed by atoms with Crippen LogP contribution in [0, 0.1) is 5.92 Å². The van der Waals surface area contributed by atoms with Crippen LogP contribution in [0.15, 0.2) is 40.9 Å². The molecule has 4 nitrogen and oxygen atoms in total. The summed E-state index contributed by atoms with van der Waals surface area (Å²) in [6, 6.07) is 11.7. The van der Waals surface area contributed by atoms with Crippen LogP contribution in [0.25, 0.3) is 10.8 Å². The summed E-state index contributed by atoms with van der Waals surface area (Å²) in [6.07, 6.45) is 1.73. The molecule has 1 N–H and O–H groups in total. The Morgan fingerprint density at radius 3 is 2.43 bits per heavy atom. The Hall–Kier alpha value is -1.88. The zero-order valence-corrected chi connectivity index (χ0v) is 14.3. The number of fused-ring (bicyclic) bond motifs is 1. The van der Waals surface area contributed by atoms with Crippen LogP contribution in [0.3, 0.4) is 0 Å². The molecule has 0 saturated carbocycles. The summed E-state index contributed by atoms with van der Waals surface area (Å²) >= 11 is 3.45. The van der Waals surface area contributed by atoms with Gasteiger partial charge in [0.25, 0.3) is 5.91 Å². The summed E-state index contributed by atoms with van der Waals surface area (Å²) in [5, 5.41) is 11.0. The van der Waals surface area contributed by atoms with Crippen LogP contribution >= 0.6 is 15.9 Å². The average molecular weight is 376 g/mol. The largest absolute Gasteiger partial charge is 0.481 e. The minimum atomic E-state index is -0.754. The zero-order valence-electron chi connectivity index (χ0n) is 12.7. The van der Waals surface area contributed by atoms with E-state index < -0.39 is 5.97 Å². The van der Waals surface area contributed by atoms with Gasteiger partial charge >= 0.3 is 5.97 Å². The second-order valence-corrected chi connectivity index (χ2v) is 6.96. The minimum absolute atomic E-state index is 0.0311. The SMILES string of the molecule is O=C(O)CC1CCN(C(=O)c2ccc3cc(Br)ccc3c2)CC1. The van der Waals surface area contributed by atoms with Gasteiger partial charge in [0.15, 0.2) is 0 Å². The molecule has 3 rings (SSSR count). The van der Waals surface area contributed by atoms with Crippen molar-refractivity contribution in [3.63, 3.8) is 0 Å². The second-order valence-electron chi connectivity index (χ2n) is 6.04. The number of carboxylic acid groups (broad SMARTS) is 1. The summed E-state index contributed by atoms with van der Waals surface area (Å²) in [7, 11) is 0. The summed E-state index contributed by atoms with van der Waals surface area (Å²) in [5.74, 6) is -0.537. The van der Waals surface area contributed by atoms with Crippen molar-refractivity contribution in [2.24, 2.45) is 5.92 Å². The van der Waals surface area contributed by atoms with Crippen molar-refractivity contribution in [1.82, 2.24) is 4.90 Å². The highest BCUT2D eigenvalue weighted by atomic mass is 79.9. The van der Waals surface area contributed by atoms with Crippen LogP contribution < -0.4 is 0 Å². The molecule has 0 radical (unpaired) electrons. The van der Waals surface area contributed by atoms with E-state index in [4.69, 9.17) is 5.11 Å². The van der Waals surface area contributed by atoms with Crippen molar-refractivity contribution in [2.45, 2.75) is 19.3 Å². The molecule has 2 aromatic rings. The van der Waals surface area contributed by atoms with Crippen LogP contribution in [-0.2, 0) is 4.79 Å². The lowest BCUT2D eigenvalue weighted by atomic mass is 9.93. The molecule has 1 amide bonds. The molecule has 1 saturated heterocycles. The molecule has 120 valence electrons. The van der Waals surface area contributed by atoms with E-state index in [1.807, 2.05) is 41.3 Å². The van der Waals surface area contributed by atoms with E-state index in [2.05, 4.69) is 15.9 Å². The van der Waals surface area contributed by atoms with E-state index in [0.29, 0.717) is 18.7 Å². The molecule has 0 aromatic heterocycles. The molecule has 23 heavy (non-hydrogen) atoms. The maximum absolute atomic E-state index is 12.6. The van der Waals surface area contributed by atoms with Crippen LogP contribution in [0.4, 0.5) is 0 Å². The Bertz CT molecular complexity index is 751. The summed E-state index contributed by atoms with van der Waals surface area (Å²) < 4.78 is 1.02. The summed E-state index contributed by atoms with van der Waals surface area (Å²) in [6.45, 7) is 1.27. The predicted octanol–water partition coefficient (Wildman–Crippen LogP) is 3.93. The molecule has 0 bridgehead atoms. The highest BCUT2D eigenvalue weighted by molar-refractivity contribution is 9.10. The van der Waals surface area contributed by atoms with Crippen molar-refractivity contribution in [3.8, 4) is 0 Å².